The molecule has 0 saturated carbocycles. The third-order valence-corrected chi connectivity index (χ3v) is 10.5. The number of amides is 1. The van der Waals surface area contributed by atoms with Gasteiger partial charge in [-0.15, -0.1) is 11.8 Å². The van der Waals surface area contributed by atoms with Crippen LogP contribution in [0.3, 0.4) is 0 Å². The van der Waals surface area contributed by atoms with Gasteiger partial charge in [0.25, 0.3) is 0 Å². The van der Waals surface area contributed by atoms with Gasteiger partial charge in [-0.05, 0) is 97.9 Å². The molecule has 4 aromatic rings. The molecule has 10 heteroatoms. The standard InChI is InChI=1S/C41H40F5N3OS/c1-29-25-39(51-28-33-9-8-11-36(42)40(33)43)49(37-12-3-2-10-35(29)37)27-38(50)48(24-7-6-23-47-21-4-5-22-47)26-30-13-15-31(16-14-30)32-17-19-34(20-18-32)41(44,45)46/h2-3,8-20,25H,1,4-7,21-24,26-28H2. The summed E-state index contributed by atoms with van der Waals surface area (Å²) in [7, 11) is 0. The molecule has 1 saturated heterocycles. The molecular weight excluding hydrogens is 678 g/mol. The number of anilines is 1. The minimum Gasteiger partial charge on any atom is -0.337 e. The van der Waals surface area contributed by atoms with E-state index in [1.165, 1.54) is 42.8 Å². The number of likely N-dealkylation sites (tertiary alicyclic amines) is 1. The molecule has 2 aliphatic rings. The number of halogens is 5. The summed E-state index contributed by atoms with van der Waals surface area (Å²) in [6, 6.07) is 24.5. The van der Waals surface area contributed by atoms with Crippen LogP contribution in [0.2, 0.25) is 0 Å². The fourth-order valence-corrected chi connectivity index (χ4v) is 7.62. The maximum atomic E-state index is 14.6. The lowest BCUT2D eigenvalue weighted by atomic mass is 10.0. The predicted molar refractivity (Wildman–Crippen MR) is 196 cm³/mol. The van der Waals surface area contributed by atoms with Gasteiger partial charge < -0.3 is 14.7 Å². The number of hydrogen-bond donors (Lipinski definition) is 0. The molecule has 0 N–H and O–H groups in total. The maximum absolute atomic E-state index is 14.6. The number of rotatable bonds is 13. The Labute approximate surface area is 300 Å². The van der Waals surface area contributed by atoms with Gasteiger partial charge in [0.2, 0.25) is 5.91 Å². The van der Waals surface area contributed by atoms with E-state index in [2.05, 4.69) is 11.5 Å². The average molecular weight is 718 g/mol. The van der Waals surface area contributed by atoms with Gasteiger partial charge in [-0.2, -0.15) is 13.2 Å². The molecular formula is C41H40F5N3OS. The summed E-state index contributed by atoms with van der Waals surface area (Å²) in [5.74, 6) is -1.71. The number of allylic oxidation sites excluding steroid dienone is 2. The number of carbonyl (C=O) groups excluding carboxylic acids is 1. The van der Waals surface area contributed by atoms with Crippen LogP contribution in [0.4, 0.5) is 27.6 Å². The summed E-state index contributed by atoms with van der Waals surface area (Å²) in [5.41, 5.74) is 4.36. The number of benzene rings is 4. The number of alkyl halides is 3. The topological polar surface area (TPSA) is 26.8 Å². The molecule has 0 unspecified atom stereocenters. The molecule has 0 bridgehead atoms. The number of nitrogens with zero attached hydrogens (tertiary/aromatic N) is 3. The first kappa shape index (κ1) is 36.4. The molecule has 6 rings (SSSR count). The monoisotopic (exact) mass is 717 g/mol. The largest absolute Gasteiger partial charge is 0.416 e. The quantitative estimate of drug-likeness (QED) is 0.102. The van der Waals surface area contributed by atoms with E-state index in [1.54, 1.807) is 6.07 Å². The van der Waals surface area contributed by atoms with E-state index < -0.39 is 23.4 Å². The molecule has 0 radical (unpaired) electrons. The molecule has 266 valence electrons. The maximum Gasteiger partial charge on any atom is 0.416 e. The highest BCUT2D eigenvalue weighted by molar-refractivity contribution is 8.02. The van der Waals surface area contributed by atoms with Gasteiger partial charge in [-0.3, -0.25) is 4.79 Å². The molecule has 2 aliphatic heterocycles. The Kier molecular flexibility index (Phi) is 11.6. The number of fused-ring (bicyclic) bond motifs is 1. The summed E-state index contributed by atoms with van der Waals surface area (Å²) in [5, 5.41) is 0.714. The van der Waals surface area contributed by atoms with Gasteiger partial charge in [0.15, 0.2) is 11.6 Å². The predicted octanol–water partition coefficient (Wildman–Crippen LogP) is 10.2. The Bertz CT molecular complexity index is 1870. The lowest BCUT2D eigenvalue weighted by molar-refractivity contribution is -0.137. The highest BCUT2D eigenvalue weighted by atomic mass is 32.2. The first-order chi connectivity index (χ1) is 24.6. The van der Waals surface area contributed by atoms with Gasteiger partial charge in [0, 0.05) is 35.7 Å². The Morgan fingerprint density at radius 2 is 1.53 bits per heavy atom. The lowest BCUT2D eigenvalue weighted by Gasteiger charge is -2.34. The molecule has 4 nitrogen and oxygen atoms in total. The fraction of sp³-hybridized carbons (Fsp3) is 0.293. The van der Waals surface area contributed by atoms with Gasteiger partial charge in [-0.1, -0.05) is 73.3 Å². The summed E-state index contributed by atoms with van der Waals surface area (Å²) in [6.07, 6.45) is 1.72. The number of para-hydroxylation sites is 1. The number of thioether (sulfide) groups is 1. The van der Waals surface area contributed by atoms with Crippen LogP contribution in [-0.2, 0) is 23.3 Å². The number of unbranched alkanes of at least 4 members (excludes halogenated alkanes) is 1. The Morgan fingerprint density at radius 3 is 2.24 bits per heavy atom. The number of carbonyl (C=O) groups is 1. The van der Waals surface area contributed by atoms with Crippen LogP contribution in [0.25, 0.3) is 16.7 Å². The molecule has 0 spiro atoms. The van der Waals surface area contributed by atoms with E-state index in [0.717, 1.165) is 78.6 Å². The van der Waals surface area contributed by atoms with Crippen molar-refractivity contribution >= 4 is 28.9 Å². The van der Waals surface area contributed by atoms with E-state index >= 15 is 0 Å². The van der Waals surface area contributed by atoms with E-state index in [4.69, 9.17) is 0 Å². The van der Waals surface area contributed by atoms with E-state index in [0.29, 0.717) is 23.7 Å². The second-order valence-electron chi connectivity index (χ2n) is 13.0. The first-order valence-electron chi connectivity index (χ1n) is 17.2. The highest BCUT2D eigenvalue weighted by Crippen LogP contribution is 2.40. The number of hydrogen-bond acceptors (Lipinski definition) is 4. The van der Waals surface area contributed by atoms with Gasteiger partial charge >= 0.3 is 6.18 Å². The third kappa shape index (κ3) is 9.10. The Balaban J connectivity index is 1.20. The second-order valence-corrected chi connectivity index (χ2v) is 14.0. The van der Waals surface area contributed by atoms with Crippen LogP contribution in [0.5, 0.6) is 0 Å². The fourth-order valence-electron chi connectivity index (χ4n) is 6.54. The summed E-state index contributed by atoms with van der Waals surface area (Å²) in [6.45, 7) is 8.38. The van der Waals surface area contributed by atoms with Crippen molar-refractivity contribution in [3.8, 4) is 11.1 Å². The summed E-state index contributed by atoms with van der Waals surface area (Å²) >= 11 is 1.32. The third-order valence-electron chi connectivity index (χ3n) is 9.38. The molecule has 0 atom stereocenters. The van der Waals surface area contributed by atoms with Crippen molar-refractivity contribution < 1.29 is 26.7 Å². The van der Waals surface area contributed by atoms with Crippen LogP contribution in [-0.4, -0.2) is 48.4 Å². The van der Waals surface area contributed by atoms with Crippen LogP contribution < -0.4 is 4.90 Å². The minimum atomic E-state index is -4.40. The van der Waals surface area contributed by atoms with Crippen molar-refractivity contribution in [1.29, 1.82) is 0 Å². The molecule has 1 fully saturated rings. The van der Waals surface area contributed by atoms with E-state index in [9.17, 15) is 26.7 Å². The highest BCUT2D eigenvalue weighted by Gasteiger charge is 2.30. The van der Waals surface area contributed by atoms with Crippen molar-refractivity contribution in [2.45, 2.75) is 44.2 Å². The Hall–Kier alpha value is -4.41. The van der Waals surface area contributed by atoms with E-state index in [1.807, 2.05) is 64.4 Å². The lowest BCUT2D eigenvalue weighted by Crippen LogP contribution is -2.41. The first-order valence-corrected chi connectivity index (χ1v) is 18.2. The van der Waals surface area contributed by atoms with Crippen LogP contribution in [0.1, 0.15) is 47.9 Å². The summed E-state index contributed by atoms with van der Waals surface area (Å²) in [4.78, 5) is 20.5. The minimum absolute atomic E-state index is 0.0323. The van der Waals surface area contributed by atoms with Crippen LogP contribution >= 0.6 is 11.8 Å². The Morgan fingerprint density at radius 1 is 0.843 bits per heavy atom. The van der Waals surface area contributed by atoms with E-state index in [-0.39, 0.29) is 23.8 Å². The van der Waals surface area contributed by atoms with Gasteiger partial charge in [0.1, 0.15) is 6.54 Å². The van der Waals surface area contributed by atoms with Crippen molar-refractivity contribution in [1.82, 2.24) is 9.80 Å². The average Bonchev–Trinajstić information content (AvgIpc) is 3.65. The SMILES string of the molecule is C=C1C=C(SCc2cccc(F)c2F)N(CC(=O)N(CCCCN2CCCC2)Cc2ccc(-c3ccc(C(F)(F)F)cc3)cc2)c2ccccc21. The van der Waals surface area contributed by atoms with Crippen LogP contribution in [0.15, 0.2) is 109 Å². The molecule has 0 aliphatic carbocycles. The zero-order valence-corrected chi connectivity index (χ0v) is 29.1. The molecule has 0 aromatic heterocycles. The smallest absolute Gasteiger partial charge is 0.337 e. The van der Waals surface area contributed by atoms with Crippen molar-refractivity contribution in [2.24, 2.45) is 0 Å². The molecule has 51 heavy (non-hydrogen) atoms. The van der Waals surface area contributed by atoms with Crippen molar-refractivity contribution in [2.75, 3.05) is 37.6 Å². The van der Waals surface area contributed by atoms with Crippen molar-refractivity contribution in [3.63, 3.8) is 0 Å². The van der Waals surface area contributed by atoms with Gasteiger partial charge in [0.05, 0.1) is 10.6 Å². The zero-order chi connectivity index (χ0) is 36.0. The summed E-state index contributed by atoms with van der Waals surface area (Å²) < 4.78 is 67.8. The van der Waals surface area contributed by atoms with Crippen LogP contribution in [0, 0.1) is 11.6 Å². The molecule has 4 aromatic carbocycles. The molecule has 1 amide bonds. The zero-order valence-electron chi connectivity index (χ0n) is 28.3. The normalized spacial score (nSPS) is 14.8. The van der Waals surface area contributed by atoms with Gasteiger partial charge in [-0.25, -0.2) is 8.78 Å². The van der Waals surface area contributed by atoms with Crippen molar-refractivity contribution in [3.05, 3.63) is 143 Å². The molecule has 2 heterocycles. The second kappa shape index (κ2) is 16.3.